The first-order valence-corrected chi connectivity index (χ1v) is 3.79. The lowest BCUT2D eigenvalue weighted by atomic mass is 10.2. The summed E-state index contributed by atoms with van der Waals surface area (Å²) in [6, 6.07) is 0. The summed E-state index contributed by atoms with van der Waals surface area (Å²) in [4.78, 5) is 0. The molecule has 0 bridgehead atoms. The quantitative estimate of drug-likeness (QED) is 0.517. The van der Waals surface area contributed by atoms with E-state index in [0.29, 0.717) is 5.82 Å². The van der Waals surface area contributed by atoms with Crippen LogP contribution < -0.4 is 5.84 Å². The fourth-order valence-electron chi connectivity index (χ4n) is 0.790. The number of thiocarbonyl (C=S) groups is 1. The molecule has 1 aromatic rings. The third-order valence-electron chi connectivity index (χ3n) is 1.37. The van der Waals surface area contributed by atoms with E-state index in [2.05, 4.69) is 22.4 Å². The highest BCUT2D eigenvalue weighted by Crippen LogP contribution is 2.08. The minimum atomic E-state index is 0.274. The summed E-state index contributed by atoms with van der Waals surface area (Å²) in [7, 11) is 0. The van der Waals surface area contributed by atoms with Gasteiger partial charge in [0.2, 0.25) is 0 Å². The maximum atomic E-state index is 5.61. The lowest BCUT2D eigenvalue weighted by molar-refractivity contribution is 0.730. The highest BCUT2D eigenvalue weighted by Gasteiger charge is 2.09. The summed E-state index contributed by atoms with van der Waals surface area (Å²) in [5.74, 6) is 7.17. The molecule has 0 saturated carbocycles. The number of aromatic nitrogens is 3. The van der Waals surface area contributed by atoms with Crippen molar-refractivity contribution in [2.45, 2.75) is 19.8 Å². The zero-order valence-corrected chi connectivity index (χ0v) is 7.30. The van der Waals surface area contributed by atoms with Gasteiger partial charge >= 0.3 is 0 Å². The topological polar surface area (TPSA) is 56.7 Å². The van der Waals surface area contributed by atoms with Crippen LogP contribution in [0.4, 0.5) is 0 Å². The first-order chi connectivity index (χ1) is 5.16. The molecule has 0 aliphatic heterocycles. The molecule has 0 atom stereocenters. The number of nitrogen functional groups attached to an aromatic ring is 1. The van der Waals surface area contributed by atoms with Crippen LogP contribution in [-0.4, -0.2) is 20.2 Å². The molecule has 0 fully saturated rings. The van der Waals surface area contributed by atoms with Gasteiger partial charge in [0.05, 0.1) is 0 Å². The monoisotopic (exact) mass is 170 g/mol. The fraction of sp³-hybridized carbons (Fsp3) is 0.500. The lowest BCUT2D eigenvalue weighted by Gasteiger charge is -2.02. The van der Waals surface area contributed by atoms with Crippen molar-refractivity contribution in [3.63, 3.8) is 0 Å². The molecule has 0 saturated heterocycles. The van der Waals surface area contributed by atoms with Crippen LogP contribution in [0.1, 0.15) is 31.4 Å². The van der Waals surface area contributed by atoms with Gasteiger partial charge in [0, 0.05) is 11.3 Å². The third-order valence-corrected chi connectivity index (χ3v) is 1.58. The second-order valence-corrected chi connectivity index (χ2v) is 2.79. The molecule has 11 heavy (non-hydrogen) atoms. The highest BCUT2D eigenvalue weighted by atomic mass is 32.1. The summed E-state index contributed by atoms with van der Waals surface area (Å²) in [5.41, 5.74) is 0. The third kappa shape index (κ3) is 1.37. The lowest BCUT2D eigenvalue weighted by Crippen LogP contribution is -2.16. The molecule has 4 nitrogen and oxygen atoms in total. The number of nitrogens with zero attached hydrogens (tertiary/aromatic N) is 3. The van der Waals surface area contributed by atoms with Gasteiger partial charge < -0.3 is 5.84 Å². The maximum Gasteiger partial charge on any atom is 0.186 e. The Kier molecular flexibility index (Phi) is 2.19. The molecule has 0 spiro atoms. The first kappa shape index (κ1) is 8.13. The van der Waals surface area contributed by atoms with Gasteiger partial charge in [-0.2, -0.15) is 0 Å². The zero-order valence-electron chi connectivity index (χ0n) is 6.48. The molecular weight excluding hydrogens is 160 g/mol. The van der Waals surface area contributed by atoms with Crippen LogP contribution in [0, 0.1) is 0 Å². The van der Waals surface area contributed by atoms with Gasteiger partial charge in [0.1, 0.15) is 0 Å². The van der Waals surface area contributed by atoms with Crippen LogP contribution in [0.3, 0.4) is 0 Å². The van der Waals surface area contributed by atoms with Gasteiger partial charge in [-0.25, -0.2) is 4.68 Å². The van der Waals surface area contributed by atoms with Crippen LogP contribution in [0.15, 0.2) is 0 Å². The molecule has 1 heterocycles. The van der Waals surface area contributed by atoms with E-state index in [1.165, 1.54) is 10.0 Å². The summed E-state index contributed by atoms with van der Waals surface area (Å²) >= 11 is 4.68. The van der Waals surface area contributed by atoms with Crippen molar-refractivity contribution >= 4 is 17.6 Å². The van der Waals surface area contributed by atoms with Gasteiger partial charge in [-0.1, -0.05) is 26.1 Å². The van der Waals surface area contributed by atoms with E-state index in [4.69, 9.17) is 5.84 Å². The average Bonchev–Trinajstić information content (AvgIpc) is 2.30. The Morgan fingerprint density at radius 3 is 2.45 bits per heavy atom. The van der Waals surface area contributed by atoms with E-state index in [1.54, 1.807) is 0 Å². The maximum absolute atomic E-state index is 5.61. The molecule has 1 rings (SSSR count). The molecular formula is C6H10N4S. The predicted molar refractivity (Wildman–Crippen MR) is 47.0 cm³/mol. The van der Waals surface area contributed by atoms with E-state index >= 15 is 0 Å². The SMILES string of the molecule is CC(C)c1nnc(C=S)n1N. The van der Waals surface area contributed by atoms with Crippen molar-refractivity contribution in [1.82, 2.24) is 14.9 Å². The molecule has 60 valence electrons. The Morgan fingerprint density at radius 2 is 2.18 bits per heavy atom. The van der Waals surface area contributed by atoms with Gasteiger partial charge in [-0.15, -0.1) is 10.2 Å². The molecule has 0 unspecified atom stereocenters. The Balaban J connectivity index is 3.10. The zero-order chi connectivity index (χ0) is 8.43. The van der Waals surface area contributed by atoms with E-state index in [-0.39, 0.29) is 5.92 Å². The second kappa shape index (κ2) is 2.96. The molecule has 1 aromatic heterocycles. The first-order valence-electron chi connectivity index (χ1n) is 3.32. The predicted octanol–water partition coefficient (Wildman–Crippen LogP) is 0.463. The van der Waals surface area contributed by atoms with Crippen LogP contribution >= 0.6 is 12.2 Å². The number of hydrogen-bond acceptors (Lipinski definition) is 4. The number of rotatable bonds is 2. The molecule has 5 heteroatoms. The van der Waals surface area contributed by atoms with Crippen molar-refractivity contribution in [2.75, 3.05) is 5.84 Å². The largest absolute Gasteiger partial charge is 0.336 e. The standard InChI is InChI=1S/C6H10N4S/c1-4(2)6-9-8-5(3-11)10(6)7/h3-4H,7H2,1-2H3. The Morgan fingerprint density at radius 1 is 1.55 bits per heavy atom. The van der Waals surface area contributed by atoms with Crippen LogP contribution in [0.5, 0.6) is 0 Å². The normalized spacial score (nSPS) is 10.5. The number of hydrogen-bond donors (Lipinski definition) is 1. The summed E-state index contributed by atoms with van der Waals surface area (Å²) in [5, 5.41) is 9.08. The van der Waals surface area contributed by atoms with Gasteiger partial charge in [0.25, 0.3) is 0 Å². The molecule has 0 radical (unpaired) electrons. The summed E-state index contributed by atoms with van der Waals surface area (Å²) in [6.45, 7) is 4.00. The fourth-order valence-corrected chi connectivity index (χ4v) is 0.951. The van der Waals surface area contributed by atoms with Gasteiger partial charge in [-0.3, -0.25) is 0 Å². The average molecular weight is 170 g/mol. The number of nitrogens with two attached hydrogens (primary N) is 1. The minimum absolute atomic E-state index is 0.274. The van der Waals surface area contributed by atoms with Crippen molar-refractivity contribution < 1.29 is 0 Å². The van der Waals surface area contributed by atoms with Crippen molar-refractivity contribution in [3.8, 4) is 0 Å². The Bertz CT molecular complexity index is 266. The van der Waals surface area contributed by atoms with Crippen molar-refractivity contribution in [2.24, 2.45) is 0 Å². The van der Waals surface area contributed by atoms with Crippen LogP contribution in [0.2, 0.25) is 0 Å². The summed E-state index contributed by atoms with van der Waals surface area (Å²) in [6.07, 6.45) is 0. The Labute approximate surface area is 70.4 Å². The van der Waals surface area contributed by atoms with Gasteiger partial charge in [-0.05, 0) is 0 Å². The van der Waals surface area contributed by atoms with E-state index in [9.17, 15) is 0 Å². The molecule has 0 aliphatic rings. The molecule has 0 amide bonds. The second-order valence-electron chi connectivity index (χ2n) is 2.56. The minimum Gasteiger partial charge on any atom is -0.336 e. The molecule has 0 aromatic carbocycles. The van der Waals surface area contributed by atoms with Crippen molar-refractivity contribution in [1.29, 1.82) is 0 Å². The summed E-state index contributed by atoms with van der Waals surface area (Å²) < 4.78 is 1.41. The highest BCUT2D eigenvalue weighted by molar-refractivity contribution is 7.79. The smallest absolute Gasteiger partial charge is 0.186 e. The van der Waals surface area contributed by atoms with E-state index in [1.807, 2.05) is 13.8 Å². The van der Waals surface area contributed by atoms with Crippen LogP contribution in [0.25, 0.3) is 0 Å². The Hall–Kier alpha value is -0.970. The molecule has 0 aliphatic carbocycles. The van der Waals surface area contributed by atoms with Crippen LogP contribution in [-0.2, 0) is 0 Å². The van der Waals surface area contributed by atoms with E-state index < -0.39 is 0 Å². The van der Waals surface area contributed by atoms with Gasteiger partial charge in [0.15, 0.2) is 11.6 Å². The van der Waals surface area contributed by atoms with Crippen molar-refractivity contribution in [3.05, 3.63) is 11.6 Å². The molecule has 2 N–H and O–H groups in total. The van der Waals surface area contributed by atoms with E-state index in [0.717, 1.165) is 5.82 Å².